The van der Waals surface area contributed by atoms with Crippen LogP contribution in [-0.2, 0) is 22.2 Å². The number of sulfonamides is 1. The molecule has 2 aromatic rings. The molecule has 154 valence electrons. The topological polar surface area (TPSA) is 116 Å². The Balaban J connectivity index is 1.84. The normalized spacial score (nSPS) is 14.5. The Bertz CT molecular complexity index is 834. The smallest absolute Gasteiger partial charge is 0.213 e. The van der Waals surface area contributed by atoms with E-state index in [1.54, 1.807) is 19.1 Å². The van der Waals surface area contributed by atoms with Crippen LogP contribution in [0.5, 0.6) is 0 Å². The monoisotopic (exact) mass is 408 g/mol. The van der Waals surface area contributed by atoms with Crippen molar-refractivity contribution in [3.8, 4) is 0 Å². The molecule has 1 atom stereocenters. The zero-order chi connectivity index (χ0) is 20.5. The van der Waals surface area contributed by atoms with Crippen LogP contribution in [0.15, 0.2) is 58.1 Å². The van der Waals surface area contributed by atoms with Crippen molar-refractivity contribution in [2.24, 2.45) is 4.99 Å². The first-order valence-corrected chi connectivity index (χ1v) is 10.8. The number of benzene rings is 1. The summed E-state index contributed by atoms with van der Waals surface area (Å²) in [6.45, 7) is 4.61. The highest BCUT2D eigenvalue weighted by Gasteiger charge is 2.26. The van der Waals surface area contributed by atoms with E-state index in [0.717, 1.165) is 5.56 Å². The van der Waals surface area contributed by atoms with Gasteiger partial charge in [-0.2, -0.15) is 0 Å². The molecule has 0 saturated heterocycles. The molecule has 0 fully saturated rings. The maximum atomic E-state index is 12.2. The average molecular weight is 409 g/mol. The van der Waals surface area contributed by atoms with Crippen LogP contribution in [0.2, 0.25) is 0 Å². The molecule has 9 heteroatoms. The summed E-state index contributed by atoms with van der Waals surface area (Å²) in [6, 6.07) is 12.7. The van der Waals surface area contributed by atoms with E-state index in [9.17, 15) is 13.5 Å². The number of aliphatic hydroxyl groups is 1. The predicted octanol–water partition coefficient (Wildman–Crippen LogP) is 1.16. The van der Waals surface area contributed by atoms with Crippen LogP contribution in [0.25, 0.3) is 0 Å². The summed E-state index contributed by atoms with van der Waals surface area (Å²) in [4.78, 5) is 4.32. The maximum Gasteiger partial charge on any atom is 0.213 e. The molecule has 2 rings (SSSR count). The van der Waals surface area contributed by atoms with Crippen LogP contribution in [0, 0.1) is 0 Å². The van der Waals surface area contributed by atoms with Gasteiger partial charge in [0.15, 0.2) is 5.96 Å². The first-order valence-electron chi connectivity index (χ1n) is 9.12. The van der Waals surface area contributed by atoms with Crippen molar-refractivity contribution < 1.29 is 17.9 Å². The molecule has 0 aliphatic carbocycles. The average Bonchev–Trinajstić information content (AvgIpc) is 3.21. The van der Waals surface area contributed by atoms with Crippen molar-refractivity contribution in [1.29, 1.82) is 0 Å². The molecule has 1 heterocycles. The van der Waals surface area contributed by atoms with E-state index in [-0.39, 0.29) is 25.4 Å². The third kappa shape index (κ3) is 7.34. The summed E-state index contributed by atoms with van der Waals surface area (Å²) >= 11 is 0. The maximum absolute atomic E-state index is 12.2. The van der Waals surface area contributed by atoms with E-state index in [1.165, 1.54) is 6.26 Å². The van der Waals surface area contributed by atoms with Crippen molar-refractivity contribution in [1.82, 2.24) is 15.4 Å². The van der Waals surface area contributed by atoms with E-state index in [2.05, 4.69) is 20.3 Å². The van der Waals surface area contributed by atoms with Gasteiger partial charge in [-0.3, -0.25) is 0 Å². The van der Waals surface area contributed by atoms with Crippen molar-refractivity contribution >= 4 is 16.0 Å². The molecule has 0 saturated carbocycles. The third-order valence-corrected chi connectivity index (χ3v) is 5.27. The first-order chi connectivity index (χ1) is 13.3. The summed E-state index contributed by atoms with van der Waals surface area (Å²) in [5, 5.41) is 16.5. The summed E-state index contributed by atoms with van der Waals surface area (Å²) in [5.74, 6) is 0.742. The van der Waals surface area contributed by atoms with Gasteiger partial charge in [-0.05, 0) is 31.5 Å². The van der Waals surface area contributed by atoms with E-state index < -0.39 is 15.6 Å². The lowest BCUT2D eigenvalue weighted by atomic mass is 10.0. The number of aliphatic imine (C=N–C) groups is 1. The molecule has 0 radical (unpaired) electrons. The van der Waals surface area contributed by atoms with Gasteiger partial charge in [-0.1, -0.05) is 30.3 Å². The zero-order valence-electron chi connectivity index (χ0n) is 16.2. The summed E-state index contributed by atoms with van der Waals surface area (Å²) in [7, 11) is -3.43. The fourth-order valence-corrected chi connectivity index (χ4v) is 3.30. The number of rotatable bonds is 10. The number of nitrogens with zero attached hydrogens (tertiary/aromatic N) is 1. The van der Waals surface area contributed by atoms with Gasteiger partial charge in [0.1, 0.15) is 11.4 Å². The highest BCUT2D eigenvalue weighted by atomic mass is 32.2. The third-order valence-electron chi connectivity index (χ3n) is 3.94. The minimum Gasteiger partial charge on any atom is -0.466 e. The molecule has 0 spiro atoms. The van der Waals surface area contributed by atoms with Gasteiger partial charge in [0.05, 0.1) is 18.6 Å². The molecule has 1 aromatic heterocycles. The van der Waals surface area contributed by atoms with Crippen molar-refractivity contribution in [2.75, 3.05) is 25.4 Å². The van der Waals surface area contributed by atoms with Gasteiger partial charge in [-0.25, -0.2) is 18.1 Å². The van der Waals surface area contributed by atoms with E-state index >= 15 is 0 Å². The quantitative estimate of drug-likeness (QED) is 0.346. The number of nitrogens with one attached hydrogen (secondary N) is 3. The van der Waals surface area contributed by atoms with E-state index in [4.69, 9.17) is 4.42 Å². The second kappa shape index (κ2) is 10.3. The van der Waals surface area contributed by atoms with Crippen molar-refractivity contribution in [3.05, 3.63) is 60.1 Å². The van der Waals surface area contributed by atoms with Gasteiger partial charge in [-0.15, -0.1) is 0 Å². The highest BCUT2D eigenvalue weighted by molar-refractivity contribution is 7.89. The van der Waals surface area contributed by atoms with Gasteiger partial charge in [0, 0.05) is 19.6 Å². The largest absolute Gasteiger partial charge is 0.466 e. The Labute approximate surface area is 166 Å². The molecule has 28 heavy (non-hydrogen) atoms. The molecule has 0 aliphatic rings. The lowest BCUT2D eigenvalue weighted by Gasteiger charge is -2.19. The summed E-state index contributed by atoms with van der Waals surface area (Å²) < 4.78 is 32.1. The number of hydrogen-bond acceptors (Lipinski definition) is 5. The van der Waals surface area contributed by atoms with Gasteiger partial charge in [0.25, 0.3) is 0 Å². The number of furan rings is 1. The lowest BCUT2D eigenvalue weighted by molar-refractivity contribution is 0.0437. The minimum atomic E-state index is -3.43. The molecule has 1 aromatic carbocycles. The Morgan fingerprint density at radius 2 is 1.93 bits per heavy atom. The van der Waals surface area contributed by atoms with Crippen LogP contribution in [0.1, 0.15) is 25.2 Å². The van der Waals surface area contributed by atoms with Crippen LogP contribution in [-0.4, -0.2) is 44.9 Å². The van der Waals surface area contributed by atoms with Crippen molar-refractivity contribution in [3.63, 3.8) is 0 Å². The SMILES string of the molecule is CCNC(=NCC(C)(O)c1ccco1)NCCS(=O)(=O)NCc1ccccc1. The van der Waals surface area contributed by atoms with Crippen LogP contribution >= 0.6 is 0 Å². The Morgan fingerprint density at radius 3 is 2.57 bits per heavy atom. The lowest BCUT2D eigenvalue weighted by Crippen LogP contribution is -2.42. The first kappa shape index (κ1) is 21.9. The van der Waals surface area contributed by atoms with E-state index in [0.29, 0.717) is 18.3 Å². The molecule has 0 amide bonds. The molecule has 8 nitrogen and oxygen atoms in total. The van der Waals surface area contributed by atoms with Crippen LogP contribution in [0.3, 0.4) is 0 Å². The zero-order valence-corrected chi connectivity index (χ0v) is 17.0. The fourth-order valence-electron chi connectivity index (χ4n) is 2.40. The standard InChI is InChI=1S/C19H28N4O4S/c1-3-20-18(22-15-19(2,24)17-10-7-12-27-17)21-11-13-28(25,26)23-14-16-8-5-4-6-9-16/h4-10,12,23-24H,3,11,13-15H2,1-2H3,(H2,20,21,22). The van der Waals surface area contributed by atoms with E-state index in [1.807, 2.05) is 37.3 Å². The van der Waals surface area contributed by atoms with Crippen LogP contribution in [0.4, 0.5) is 0 Å². The molecular weight excluding hydrogens is 380 g/mol. The molecule has 0 aliphatic heterocycles. The Morgan fingerprint density at radius 1 is 1.18 bits per heavy atom. The summed E-state index contributed by atoms with van der Waals surface area (Å²) in [5.41, 5.74) is -0.357. The van der Waals surface area contributed by atoms with Gasteiger partial charge >= 0.3 is 0 Å². The molecule has 1 unspecified atom stereocenters. The Kier molecular flexibility index (Phi) is 8.04. The minimum absolute atomic E-state index is 0.0643. The highest BCUT2D eigenvalue weighted by Crippen LogP contribution is 2.20. The second-order valence-electron chi connectivity index (χ2n) is 6.50. The predicted molar refractivity (Wildman–Crippen MR) is 109 cm³/mol. The molecular formula is C19H28N4O4S. The Hall–Kier alpha value is -2.36. The van der Waals surface area contributed by atoms with Gasteiger partial charge in [0.2, 0.25) is 10.0 Å². The fraction of sp³-hybridized carbons (Fsp3) is 0.421. The number of hydrogen-bond donors (Lipinski definition) is 4. The summed E-state index contributed by atoms with van der Waals surface area (Å²) in [6.07, 6.45) is 1.49. The van der Waals surface area contributed by atoms with Crippen LogP contribution < -0.4 is 15.4 Å². The molecule has 4 N–H and O–H groups in total. The molecule has 0 bridgehead atoms. The number of guanidine groups is 1. The van der Waals surface area contributed by atoms with Crippen molar-refractivity contribution in [2.45, 2.75) is 26.0 Å². The van der Waals surface area contributed by atoms with Gasteiger partial charge < -0.3 is 20.2 Å². The second-order valence-corrected chi connectivity index (χ2v) is 8.43.